The highest BCUT2D eigenvalue weighted by Crippen LogP contribution is 2.33. The normalized spacial score (nSPS) is 21.9. The number of guanidine groups is 1. The molecule has 1 aromatic heterocycles. The van der Waals surface area contributed by atoms with Gasteiger partial charge < -0.3 is 24.6 Å². The fourth-order valence-corrected chi connectivity index (χ4v) is 3.22. The number of nitrogens with zero attached hydrogens (tertiary/aromatic N) is 4. The lowest BCUT2D eigenvalue weighted by atomic mass is 10.1. The van der Waals surface area contributed by atoms with E-state index in [9.17, 15) is 4.79 Å². The maximum atomic E-state index is 12.8. The molecule has 0 aliphatic carbocycles. The predicted molar refractivity (Wildman–Crippen MR) is 108 cm³/mol. The molecule has 10 nitrogen and oxygen atoms in total. The first kappa shape index (κ1) is 22.9. The number of aromatic nitrogens is 2. The maximum absolute atomic E-state index is 12.8. The van der Waals surface area contributed by atoms with Gasteiger partial charge in [-0.2, -0.15) is 4.98 Å². The monoisotopic (exact) mass is 410 g/mol. The quantitative estimate of drug-likeness (QED) is 0.561. The van der Waals surface area contributed by atoms with Gasteiger partial charge in [-0.05, 0) is 55.4 Å². The number of hydrogen-bond acceptors (Lipinski definition) is 7. The molecule has 0 saturated carbocycles. The van der Waals surface area contributed by atoms with Gasteiger partial charge in [-0.1, -0.05) is 5.16 Å². The van der Waals surface area contributed by atoms with E-state index < -0.39 is 17.4 Å². The molecular weight excluding hydrogens is 376 g/mol. The second-order valence-corrected chi connectivity index (χ2v) is 8.50. The van der Waals surface area contributed by atoms with Crippen LogP contribution in [-0.4, -0.2) is 63.7 Å². The molecule has 2 rings (SSSR count). The Balaban J connectivity index is 2.09. The summed E-state index contributed by atoms with van der Waals surface area (Å²) in [6, 6.07) is -0.227. The average molecular weight is 411 g/mol. The summed E-state index contributed by atoms with van der Waals surface area (Å²) in [6.45, 7) is 16.3. The molecule has 0 bridgehead atoms. The number of nitrogens with one attached hydrogen (secondary N) is 2. The lowest BCUT2D eigenvalue weighted by molar-refractivity contribution is -0.0755. The van der Waals surface area contributed by atoms with E-state index in [1.165, 1.54) is 0 Å². The summed E-state index contributed by atoms with van der Waals surface area (Å²) in [4.78, 5) is 23.1. The zero-order chi connectivity index (χ0) is 21.8. The molecule has 2 heterocycles. The molecule has 10 heteroatoms. The van der Waals surface area contributed by atoms with Crippen LogP contribution in [0.3, 0.4) is 0 Å². The van der Waals surface area contributed by atoms with Gasteiger partial charge in [-0.3, -0.25) is 4.90 Å². The van der Waals surface area contributed by atoms with Crippen molar-refractivity contribution >= 4 is 12.1 Å². The van der Waals surface area contributed by atoms with Gasteiger partial charge in [0.15, 0.2) is 11.8 Å². The second kappa shape index (κ2) is 8.98. The Bertz CT molecular complexity index is 725. The number of amides is 1. The molecule has 1 aromatic rings. The zero-order valence-corrected chi connectivity index (χ0v) is 18.7. The van der Waals surface area contributed by atoms with Crippen LogP contribution in [0.4, 0.5) is 4.79 Å². The summed E-state index contributed by atoms with van der Waals surface area (Å²) in [5, 5.41) is 10.2. The number of aryl methyl sites for hydroxylation is 1. The summed E-state index contributed by atoms with van der Waals surface area (Å²) in [5.74, 6) is 1.60. The molecule has 1 amide bonds. The molecule has 0 spiro atoms. The molecule has 2 N–H and O–H groups in total. The fourth-order valence-electron chi connectivity index (χ4n) is 3.22. The van der Waals surface area contributed by atoms with Crippen molar-refractivity contribution in [1.82, 2.24) is 25.7 Å². The lowest BCUT2D eigenvalue weighted by Crippen LogP contribution is -2.54. The van der Waals surface area contributed by atoms with E-state index in [1.54, 1.807) is 11.8 Å². The van der Waals surface area contributed by atoms with Crippen molar-refractivity contribution in [2.24, 2.45) is 4.99 Å². The molecule has 0 aromatic carbocycles. The first-order chi connectivity index (χ1) is 13.4. The van der Waals surface area contributed by atoms with Crippen molar-refractivity contribution < 1.29 is 18.8 Å². The van der Waals surface area contributed by atoms with Crippen molar-refractivity contribution in [1.29, 1.82) is 0 Å². The molecule has 164 valence electrons. The molecule has 1 saturated heterocycles. The van der Waals surface area contributed by atoms with Crippen molar-refractivity contribution in [3.05, 3.63) is 11.7 Å². The molecule has 2 unspecified atom stereocenters. The Kier molecular flexibility index (Phi) is 7.10. The number of ether oxygens (including phenoxy) is 2. The van der Waals surface area contributed by atoms with E-state index in [2.05, 4.69) is 25.8 Å². The van der Waals surface area contributed by atoms with Gasteiger partial charge in [-0.25, -0.2) is 9.79 Å². The van der Waals surface area contributed by atoms with Gasteiger partial charge in [0.1, 0.15) is 17.9 Å². The number of carbonyl (C=O) groups excluding carboxylic acids is 1. The summed E-state index contributed by atoms with van der Waals surface area (Å²) in [5.41, 5.74) is -1.36. The van der Waals surface area contributed by atoms with Crippen LogP contribution in [0, 0.1) is 6.92 Å². The van der Waals surface area contributed by atoms with Gasteiger partial charge in [-0.15, -0.1) is 0 Å². The van der Waals surface area contributed by atoms with Crippen LogP contribution in [-0.2, 0) is 16.0 Å². The fraction of sp³-hybridized carbons (Fsp3) is 0.789. The minimum absolute atomic E-state index is 0.175. The summed E-state index contributed by atoms with van der Waals surface area (Å²) < 4.78 is 16.7. The summed E-state index contributed by atoms with van der Waals surface area (Å²) in [6.07, 6.45) is -0.576. The minimum Gasteiger partial charge on any atom is -0.444 e. The molecule has 1 aliphatic heterocycles. The van der Waals surface area contributed by atoms with Crippen LogP contribution in [0.25, 0.3) is 0 Å². The number of aliphatic imine (C=N–C) groups is 1. The van der Waals surface area contributed by atoms with E-state index in [-0.39, 0.29) is 18.7 Å². The Morgan fingerprint density at radius 3 is 2.59 bits per heavy atom. The van der Waals surface area contributed by atoms with Gasteiger partial charge in [0.05, 0.1) is 12.1 Å². The summed E-state index contributed by atoms with van der Waals surface area (Å²) in [7, 11) is 0. The molecule has 1 fully saturated rings. The van der Waals surface area contributed by atoms with Crippen molar-refractivity contribution in [3.63, 3.8) is 0 Å². The highest BCUT2D eigenvalue weighted by molar-refractivity contribution is 5.79. The SMILES string of the molecule is CCNC(=NCc1nc(C)no1)NCC1C(C)OC(C)(C)N1C(=O)OC(C)(C)C. The van der Waals surface area contributed by atoms with E-state index in [0.29, 0.717) is 30.8 Å². The number of rotatable bonds is 5. The largest absolute Gasteiger partial charge is 0.444 e. The Labute approximate surface area is 172 Å². The second-order valence-electron chi connectivity index (χ2n) is 8.50. The smallest absolute Gasteiger partial charge is 0.412 e. The highest BCUT2D eigenvalue weighted by Gasteiger charge is 2.49. The lowest BCUT2D eigenvalue weighted by Gasteiger charge is -2.35. The van der Waals surface area contributed by atoms with Crippen LogP contribution in [0.1, 0.15) is 60.2 Å². The molecule has 2 atom stereocenters. The molecule has 1 aliphatic rings. The predicted octanol–water partition coefficient (Wildman–Crippen LogP) is 2.19. The third kappa shape index (κ3) is 6.31. The van der Waals surface area contributed by atoms with Gasteiger partial charge in [0, 0.05) is 13.1 Å². The van der Waals surface area contributed by atoms with E-state index >= 15 is 0 Å². The van der Waals surface area contributed by atoms with Crippen molar-refractivity contribution in [2.45, 2.75) is 85.4 Å². The third-order valence-electron chi connectivity index (χ3n) is 4.28. The average Bonchev–Trinajstić information content (AvgIpc) is 3.08. The third-order valence-corrected chi connectivity index (χ3v) is 4.28. The van der Waals surface area contributed by atoms with Crippen LogP contribution in [0.2, 0.25) is 0 Å². The van der Waals surface area contributed by atoms with Crippen LogP contribution in [0.5, 0.6) is 0 Å². The highest BCUT2D eigenvalue weighted by atomic mass is 16.6. The van der Waals surface area contributed by atoms with E-state index in [4.69, 9.17) is 14.0 Å². The maximum Gasteiger partial charge on any atom is 0.412 e. The number of carbonyl (C=O) groups is 1. The molecule has 0 radical (unpaired) electrons. The Morgan fingerprint density at radius 2 is 2.03 bits per heavy atom. The van der Waals surface area contributed by atoms with Gasteiger partial charge in [0.2, 0.25) is 5.89 Å². The van der Waals surface area contributed by atoms with Crippen molar-refractivity contribution in [2.75, 3.05) is 13.1 Å². The van der Waals surface area contributed by atoms with Crippen LogP contribution >= 0.6 is 0 Å². The first-order valence-corrected chi connectivity index (χ1v) is 9.94. The summed E-state index contributed by atoms with van der Waals surface area (Å²) >= 11 is 0. The van der Waals surface area contributed by atoms with Crippen LogP contribution < -0.4 is 10.6 Å². The molecule has 29 heavy (non-hydrogen) atoms. The first-order valence-electron chi connectivity index (χ1n) is 9.94. The van der Waals surface area contributed by atoms with Gasteiger partial charge in [0.25, 0.3) is 0 Å². The topological polar surface area (TPSA) is 114 Å². The standard InChI is InChI=1S/C19H34N6O4/c1-9-20-16(22-11-15-23-13(3)24-29-15)21-10-14-12(2)27-19(7,8)25(14)17(26)28-18(4,5)6/h12,14H,9-11H2,1-8H3,(H2,20,21,22). The van der Waals surface area contributed by atoms with E-state index in [0.717, 1.165) is 0 Å². The minimum atomic E-state index is -0.773. The zero-order valence-electron chi connectivity index (χ0n) is 18.7. The molecular formula is C19H34N6O4. The van der Waals surface area contributed by atoms with Crippen LogP contribution in [0.15, 0.2) is 9.52 Å². The van der Waals surface area contributed by atoms with E-state index in [1.807, 2.05) is 48.5 Å². The van der Waals surface area contributed by atoms with Crippen molar-refractivity contribution in [3.8, 4) is 0 Å². The van der Waals surface area contributed by atoms with Gasteiger partial charge >= 0.3 is 6.09 Å². The Morgan fingerprint density at radius 1 is 1.34 bits per heavy atom. The number of hydrogen-bond donors (Lipinski definition) is 2. The Hall–Kier alpha value is -2.36.